The van der Waals surface area contributed by atoms with Crippen LogP contribution in [-0.4, -0.2) is 18.3 Å². The number of benzene rings is 4. The maximum atomic E-state index is 15.5. The lowest BCUT2D eigenvalue weighted by atomic mass is 10.0. The van der Waals surface area contributed by atoms with Crippen LogP contribution in [0.3, 0.4) is 0 Å². The Kier molecular flexibility index (Phi) is 6.10. The van der Waals surface area contributed by atoms with Crippen LogP contribution in [0.25, 0.3) is 22.3 Å². The zero-order chi connectivity index (χ0) is 25.3. The number of sulfone groups is 1. The highest BCUT2D eigenvalue weighted by atomic mass is 32.2. The lowest BCUT2D eigenvalue weighted by molar-refractivity contribution is -0.384. The smallest absolute Gasteiger partial charge is 0.258 e. The standard InChI is InChI=1S/C24H14F2N2O6S/c25-23-17(15-7-1-3-11-19(15)27(29)30)9-5-13-21(23)35(33,34)22-14-6-10-18(24(22)26)16-8-2-4-12-20(16)28(31)32/h1-14H. The number of nitro benzene ring substituents is 2. The molecule has 0 fully saturated rings. The average molecular weight is 496 g/mol. The van der Waals surface area contributed by atoms with E-state index in [1.54, 1.807) is 0 Å². The molecule has 0 unspecified atom stereocenters. The van der Waals surface area contributed by atoms with Crippen LogP contribution < -0.4 is 0 Å². The first-order chi connectivity index (χ1) is 16.6. The van der Waals surface area contributed by atoms with Crippen molar-refractivity contribution in [1.82, 2.24) is 0 Å². The van der Waals surface area contributed by atoms with Crippen LogP contribution >= 0.6 is 0 Å². The third-order valence-electron chi connectivity index (χ3n) is 5.29. The SMILES string of the molecule is O=[N+]([O-])c1ccccc1-c1cccc(S(=O)(=O)c2cccc(-c3ccccc3[N+](=O)[O-])c2F)c1F. The van der Waals surface area contributed by atoms with E-state index in [0.29, 0.717) is 0 Å². The molecule has 0 heterocycles. The third kappa shape index (κ3) is 4.13. The zero-order valence-corrected chi connectivity index (χ0v) is 18.4. The second-order valence-electron chi connectivity index (χ2n) is 7.29. The molecule has 0 saturated heterocycles. The minimum atomic E-state index is -4.82. The molecular weight excluding hydrogens is 482 g/mol. The molecule has 0 aliphatic carbocycles. The van der Waals surface area contributed by atoms with E-state index >= 15 is 8.78 Å². The second kappa shape index (κ2) is 9.03. The lowest BCUT2D eigenvalue weighted by Gasteiger charge is -2.12. The summed E-state index contributed by atoms with van der Waals surface area (Å²) in [4.78, 5) is 19.5. The molecule has 176 valence electrons. The fourth-order valence-electron chi connectivity index (χ4n) is 3.69. The van der Waals surface area contributed by atoms with Crippen molar-refractivity contribution in [3.8, 4) is 22.3 Å². The van der Waals surface area contributed by atoms with Crippen molar-refractivity contribution in [2.24, 2.45) is 0 Å². The van der Waals surface area contributed by atoms with Gasteiger partial charge in [0.1, 0.15) is 21.4 Å². The van der Waals surface area contributed by atoms with Gasteiger partial charge in [0.15, 0.2) is 0 Å². The van der Waals surface area contributed by atoms with Crippen molar-refractivity contribution in [2.45, 2.75) is 9.79 Å². The molecule has 0 radical (unpaired) electrons. The van der Waals surface area contributed by atoms with E-state index in [1.165, 1.54) is 60.7 Å². The van der Waals surface area contributed by atoms with E-state index in [4.69, 9.17) is 0 Å². The molecule has 0 amide bonds. The molecule has 4 aromatic rings. The number of para-hydroxylation sites is 2. The highest BCUT2D eigenvalue weighted by Crippen LogP contribution is 2.38. The van der Waals surface area contributed by atoms with E-state index in [-0.39, 0.29) is 22.3 Å². The van der Waals surface area contributed by atoms with Gasteiger partial charge in [0.2, 0.25) is 9.84 Å². The van der Waals surface area contributed by atoms with Crippen LogP contribution in [0.4, 0.5) is 20.2 Å². The van der Waals surface area contributed by atoms with Crippen LogP contribution in [-0.2, 0) is 9.84 Å². The Hall–Kier alpha value is -4.51. The van der Waals surface area contributed by atoms with Crippen LogP contribution in [0.1, 0.15) is 0 Å². The highest BCUT2D eigenvalue weighted by Gasteiger charge is 2.30. The molecule has 8 nitrogen and oxygen atoms in total. The molecule has 11 heteroatoms. The molecule has 0 aliphatic rings. The Morgan fingerprint density at radius 1 is 0.543 bits per heavy atom. The largest absolute Gasteiger partial charge is 0.277 e. The van der Waals surface area contributed by atoms with E-state index < -0.39 is 52.5 Å². The van der Waals surface area contributed by atoms with Gasteiger partial charge in [0.05, 0.1) is 21.0 Å². The van der Waals surface area contributed by atoms with E-state index in [2.05, 4.69) is 0 Å². The van der Waals surface area contributed by atoms with E-state index in [1.807, 2.05) is 0 Å². The van der Waals surface area contributed by atoms with Crippen LogP contribution in [0.2, 0.25) is 0 Å². The van der Waals surface area contributed by atoms with Gasteiger partial charge < -0.3 is 0 Å². The van der Waals surface area contributed by atoms with Crippen LogP contribution in [0.5, 0.6) is 0 Å². The highest BCUT2D eigenvalue weighted by molar-refractivity contribution is 7.91. The molecular formula is C24H14F2N2O6S. The van der Waals surface area contributed by atoms with Gasteiger partial charge in [-0.05, 0) is 24.3 Å². The molecule has 0 aliphatic heterocycles. The maximum Gasteiger partial charge on any atom is 0.277 e. The quantitative estimate of drug-likeness (QED) is 0.240. The Bertz CT molecular complexity index is 1490. The van der Waals surface area contributed by atoms with Crippen LogP contribution in [0, 0.1) is 31.9 Å². The Labute approximate surface area is 197 Å². The zero-order valence-electron chi connectivity index (χ0n) is 17.6. The summed E-state index contributed by atoms with van der Waals surface area (Å²) < 4.78 is 57.7. The Morgan fingerprint density at radius 2 is 0.886 bits per heavy atom. The maximum absolute atomic E-state index is 15.5. The van der Waals surface area contributed by atoms with Crippen molar-refractivity contribution in [3.63, 3.8) is 0 Å². The predicted octanol–water partition coefficient (Wildman–Crippen LogP) is 5.95. The number of nitro groups is 2. The molecule has 0 saturated carbocycles. The van der Waals surface area contributed by atoms with E-state index in [9.17, 15) is 28.6 Å². The summed E-state index contributed by atoms with van der Waals surface area (Å²) in [5.74, 6) is -2.59. The molecule has 0 N–H and O–H groups in total. The fourth-order valence-corrected chi connectivity index (χ4v) is 5.14. The summed E-state index contributed by atoms with van der Waals surface area (Å²) in [6, 6.07) is 17.0. The summed E-state index contributed by atoms with van der Waals surface area (Å²) >= 11 is 0. The normalized spacial score (nSPS) is 11.3. The molecule has 0 spiro atoms. The minimum absolute atomic E-state index is 0.152. The van der Waals surface area contributed by atoms with Gasteiger partial charge in [0, 0.05) is 23.3 Å². The monoisotopic (exact) mass is 496 g/mol. The Balaban J connectivity index is 1.91. The molecule has 4 rings (SSSR count). The Morgan fingerprint density at radius 3 is 1.26 bits per heavy atom. The van der Waals surface area contributed by atoms with Crippen LogP contribution in [0.15, 0.2) is 94.7 Å². The fraction of sp³-hybridized carbons (Fsp3) is 0. The number of halogens is 2. The first-order valence-electron chi connectivity index (χ1n) is 9.94. The minimum Gasteiger partial charge on any atom is -0.258 e. The van der Waals surface area contributed by atoms with E-state index in [0.717, 1.165) is 24.3 Å². The molecule has 4 aromatic carbocycles. The summed E-state index contributed by atoms with van der Waals surface area (Å²) in [7, 11) is -4.82. The predicted molar refractivity (Wildman–Crippen MR) is 122 cm³/mol. The van der Waals surface area contributed by atoms with Gasteiger partial charge in [-0.1, -0.05) is 48.5 Å². The van der Waals surface area contributed by atoms with Gasteiger partial charge >= 0.3 is 0 Å². The molecule has 0 aromatic heterocycles. The first kappa shape index (κ1) is 23.6. The third-order valence-corrected chi connectivity index (χ3v) is 7.08. The number of hydrogen-bond donors (Lipinski definition) is 0. The summed E-state index contributed by atoms with van der Waals surface area (Å²) in [6.45, 7) is 0. The summed E-state index contributed by atoms with van der Waals surface area (Å²) in [5, 5.41) is 22.7. The molecule has 0 bridgehead atoms. The summed E-state index contributed by atoms with van der Waals surface area (Å²) in [6.07, 6.45) is 0. The number of nitrogens with zero attached hydrogens (tertiary/aromatic N) is 2. The molecule has 0 atom stereocenters. The van der Waals surface area contributed by atoms with Crippen molar-refractivity contribution in [2.75, 3.05) is 0 Å². The number of rotatable bonds is 6. The van der Waals surface area contributed by atoms with Crippen molar-refractivity contribution >= 4 is 21.2 Å². The van der Waals surface area contributed by atoms with Gasteiger partial charge in [-0.2, -0.15) is 0 Å². The first-order valence-corrected chi connectivity index (χ1v) is 11.4. The van der Waals surface area contributed by atoms with Gasteiger partial charge in [-0.3, -0.25) is 20.2 Å². The van der Waals surface area contributed by atoms with Crippen molar-refractivity contribution in [1.29, 1.82) is 0 Å². The van der Waals surface area contributed by atoms with Gasteiger partial charge in [-0.25, -0.2) is 17.2 Å². The lowest BCUT2D eigenvalue weighted by Crippen LogP contribution is -2.09. The van der Waals surface area contributed by atoms with Gasteiger partial charge in [0.25, 0.3) is 11.4 Å². The van der Waals surface area contributed by atoms with Gasteiger partial charge in [-0.15, -0.1) is 0 Å². The van der Waals surface area contributed by atoms with Crippen molar-refractivity contribution < 1.29 is 27.0 Å². The summed E-state index contributed by atoms with van der Waals surface area (Å²) in [5.41, 5.74) is -1.89. The topological polar surface area (TPSA) is 120 Å². The number of hydrogen-bond acceptors (Lipinski definition) is 6. The van der Waals surface area contributed by atoms with Crippen molar-refractivity contribution in [3.05, 3.63) is 117 Å². The molecule has 35 heavy (non-hydrogen) atoms. The average Bonchev–Trinajstić information content (AvgIpc) is 2.84. The second-order valence-corrected chi connectivity index (χ2v) is 9.17.